The van der Waals surface area contributed by atoms with E-state index in [1.54, 1.807) is 6.92 Å². The number of aryl methyl sites for hydroxylation is 2. The van der Waals surface area contributed by atoms with Crippen LogP contribution in [-0.2, 0) is 9.53 Å². The number of Topliss-reactive ketones (excluding diaryl/α,β-unsaturated/α-hetero) is 1. The number of rotatable bonds is 5. The standard InChI is InChI=1S/C19H21N5O4/c1-4-28-18(27)14-10-21-24(19-22-11(2)8-12(3)23-19)17(14)20-9-13-15(25)6-5-7-16(13)26/h8-10,25H,4-7H2,1-3H3/b20-9+. The minimum absolute atomic E-state index is 0.00796. The van der Waals surface area contributed by atoms with Crippen LogP contribution in [0.1, 0.15) is 47.9 Å². The Balaban J connectivity index is 2.11. The topological polar surface area (TPSA) is 120 Å². The molecule has 1 aliphatic carbocycles. The van der Waals surface area contributed by atoms with Crippen LogP contribution in [0.15, 0.2) is 28.6 Å². The Morgan fingerprint density at radius 2 is 2.04 bits per heavy atom. The number of hydrogen-bond donors (Lipinski definition) is 1. The highest BCUT2D eigenvalue weighted by Gasteiger charge is 2.23. The molecule has 0 aliphatic heterocycles. The van der Waals surface area contributed by atoms with Crippen LogP contribution >= 0.6 is 0 Å². The van der Waals surface area contributed by atoms with Gasteiger partial charge in [0.1, 0.15) is 11.3 Å². The molecule has 146 valence electrons. The number of hydrogen-bond acceptors (Lipinski definition) is 8. The molecule has 1 N–H and O–H groups in total. The fourth-order valence-electron chi connectivity index (χ4n) is 2.89. The molecule has 0 amide bonds. The molecule has 0 fully saturated rings. The molecule has 0 bridgehead atoms. The van der Waals surface area contributed by atoms with Crippen LogP contribution in [-0.4, -0.2) is 49.4 Å². The molecule has 1 aliphatic rings. The van der Waals surface area contributed by atoms with Crippen LogP contribution in [0.4, 0.5) is 5.82 Å². The summed E-state index contributed by atoms with van der Waals surface area (Å²) in [4.78, 5) is 37.4. The SMILES string of the molecule is CCOC(=O)c1cnn(-c2nc(C)cc(C)n2)c1/N=C/C1=C(O)CCCC1=O. The molecule has 0 unspecified atom stereocenters. The maximum Gasteiger partial charge on any atom is 0.343 e. The van der Waals surface area contributed by atoms with E-state index in [0.29, 0.717) is 19.3 Å². The van der Waals surface area contributed by atoms with E-state index in [-0.39, 0.29) is 41.1 Å². The van der Waals surface area contributed by atoms with E-state index in [2.05, 4.69) is 20.1 Å². The highest BCUT2D eigenvalue weighted by Crippen LogP contribution is 2.25. The maximum atomic E-state index is 12.3. The second kappa shape index (κ2) is 8.12. The lowest BCUT2D eigenvalue weighted by atomic mass is 9.97. The van der Waals surface area contributed by atoms with E-state index in [0.717, 1.165) is 11.4 Å². The van der Waals surface area contributed by atoms with Crippen molar-refractivity contribution in [2.24, 2.45) is 4.99 Å². The molecular weight excluding hydrogens is 362 g/mol. The number of carbonyl (C=O) groups excluding carboxylic acids is 2. The van der Waals surface area contributed by atoms with E-state index in [1.165, 1.54) is 17.1 Å². The molecule has 9 nitrogen and oxygen atoms in total. The maximum absolute atomic E-state index is 12.3. The predicted molar refractivity (Wildman–Crippen MR) is 101 cm³/mol. The third kappa shape index (κ3) is 3.98. The zero-order valence-corrected chi connectivity index (χ0v) is 16.0. The molecular formula is C19H21N5O4. The number of ketones is 1. The summed E-state index contributed by atoms with van der Waals surface area (Å²) in [6.45, 7) is 5.53. The van der Waals surface area contributed by atoms with Crippen molar-refractivity contribution in [2.75, 3.05) is 6.61 Å². The number of aliphatic imine (C=N–C) groups is 1. The van der Waals surface area contributed by atoms with Crippen molar-refractivity contribution in [2.45, 2.75) is 40.0 Å². The Morgan fingerprint density at radius 3 is 2.68 bits per heavy atom. The van der Waals surface area contributed by atoms with Crippen LogP contribution in [0.3, 0.4) is 0 Å². The minimum Gasteiger partial charge on any atom is -0.512 e. The van der Waals surface area contributed by atoms with Crippen molar-refractivity contribution in [3.8, 4) is 5.95 Å². The Bertz CT molecular complexity index is 970. The molecule has 28 heavy (non-hydrogen) atoms. The van der Waals surface area contributed by atoms with E-state index in [4.69, 9.17) is 4.74 Å². The Kier molecular flexibility index (Phi) is 5.62. The van der Waals surface area contributed by atoms with Gasteiger partial charge in [-0.15, -0.1) is 0 Å². The second-order valence-electron chi connectivity index (χ2n) is 6.36. The summed E-state index contributed by atoms with van der Waals surface area (Å²) < 4.78 is 6.38. The number of aliphatic hydroxyl groups excluding tert-OH is 1. The Hall–Kier alpha value is -3.36. The van der Waals surface area contributed by atoms with Crippen molar-refractivity contribution in [3.05, 3.63) is 40.5 Å². The summed E-state index contributed by atoms with van der Waals surface area (Å²) in [6, 6.07) is 1.81. The van der Waals surface area contributed by atoms with Gasteiger partial charge in [0.15, 0.2) is 11.6 Å². The Morgan fingerprint density at radius 1 is 1.32 bits per heavy atom. The fraction of sp³-hybridized carbons (Fsp3) is 0.368. The molecule has 2 aromatic rings. The quantitative estimate of drug-likeness (QED) is 0.622. The van der Waals surface area contributed by atoms with E-state index in [1.807, 2.05) is 19.9 Å². The Labute approximate surface area is 161 Å². The summed E-state index contributed by atoms with van der Waals surface area (Å²) in [7, 11) is 0. The molecule has 0 radical (unpaired) electrons. The normalized spacial score (nSPS) is 14.8. The van der Waals surface area contributed by atoms with Crippen molar-refractivity contribution in [3.63, 3.8) is 0 Å². The average molecular weight is 383 g/mol. The van der Waals surface area contributed by atoms with Crippen molar-refractivity contribution >= 4 is 23.8 Å². The number of carbonyl (C=O) groups is 2. The van der Waals surface area contributed by atoms with Crippen LogP contribution in [0.5, 0.6) is 0 Å². The zero-order chi connectivity index (χ0) is 20.3. The van der Waals surface area contributed by atoms with Crippen molar-refractivity contribution in [1.82, 2.24) is 19.7 Å². The van der Waals surface area contributed by atoms with Crippen LogP contribution in [0.25, 0.3) is 5.95 Å². The van der Waals surface area contributed by atoms with Gasteiger partial charge in [-0.1, -0.05) is 0 Å². The molecule has 0 aromatic carbocycles. The molecule has 0 saturated heterocycles. The predicted octanol–water partition coefficient (Wildman–Crippen LogP) is 2.72. The van der Waals surface area contributed by atoms with Crippen LogP contribution in [0.2, 0.25) is 0 Å². The van der Waals surface area contributed by atoms with Crippen LogP contribution in [0, 0.1) is 13.8 Å². The van der Waals surface area contributed by atoms with E-state index in [9.17, 15) is 14.7 Å². The van der Waals surface area contributed by atoms with Gasteiger partial charge in [-0.25, -0.2) is 19.8 Å². The number of allylic oxidation sites excluding steroid dienone is 2. The highest BCUT2D eigenvalue weighted by molar-refractivity contribution is 6.14. The lowest BCUT2D eigenvalue weighted by Gasteiger charge is -2.11. The summed E-state index contributed by atoms with van der Waals surface area (Å²) in [5.41, 5.74) is 1.71. The first-order chi connectivity index (χ1) is 13.4. The smallest absolute Gasteiger partial charge is 0.343 e. The number of esters is 1. The van der Waals surface area contributed by atoms with E-state index < -0.39 is 5.97 Å². The largest absolute Gasteiger partial charge is 0.512 e. The lowest BCUT2D eigenvalue weighted by molar-refractivity contribution is -0.115. The summed E-state index contributed by atoms with van der Waals surface area (Å²) in [5.74, 6) is -0.431. The fourth-order valence-corrected chi connectivity index (χ4v) is 2.89. The first-order valence-corrected chi connectivity index (χ1v) is 8.98. The first kappa shape index (κ1) is 19.4. The highest BCUT2D eigenvalue weighted by atomic mass is 16.5. The number of aromatic nitrogens is 4. The third-order valence-electron chi connectivity index (χ3n) is 4.14. The van der Waals surface area contributed by atoms with Gasteiger partial charge < -0.3 is 9.84 Å². The lowest BCUT2D eigenvalue weighted by Crippen LogP contribution is -2.13. The van der Waals surface area contributed by atoms with Gasteiger partial charge in [-0.3, -0.25) is 4.79 Å². The molecule has 2 aromatic heterocycles. The summed E-state index contributed by atoms with van der Waals surface area (Å²) in [5, 5.41) is 14.2. The summed E-state index contributed by atoms with van der Waals surface area (Å²) >= 11 is 0. The first-order valence-electron chi connectivity index (χ1n) is 8.98. The van der Waals surface area contributed by atoms with Crippen LogP contribution < -0.4 is 0 Å². The average Bonchev–Trinajstić information content (AvgIpc) is 3.05. The third-order valence-corrected chi connectivity index (χ3v) is 4.14. The van der Waals surface area contributed by atoms with Gasteiger partial charge in [0.05, 0.1) is 18.4 Å². The van der Waals surface area contributed by atoms with E-state index >= 15 is 0 Å². The minimum atomic E-state index is -0.599. The van der Waals surface area contributed by atoms with Gasteiger partial charge in [0.25, 0.3) is 5.95 Å². The molecule has 0 saturated carbocycles. The van der Waals surface area contributed by atoms with Gasteiger partial charge in [0.2, 0.25) is 0 Å². The molecule has 0 spiro atoms. The molecule has 0 atom stereocenters. The second-order valence-corrected chi connectivity index (χ2v) is 6.36. The van der Waals surface area contributed by atoms with Gasteiger partial charge >= 0.3 is 5.97 Å². The number of ether oxygens (including phenoxy) is 1. The molecule has 2 heterocycles. The number of nitrogens with zero attached hydrogens (tertiary/aromatic N) is 5. The van der Waals surface area contributed by atoms with Gasteiger partial charge in [0, 0.05) is 30.4 Å². The van der Waals surface area contributed by atoms with Gasteiger partial charge in [-0.2, -0.15) is 9.78 Å². The molecule has 9 heteroatoms. The zero-order valence-electron chi connectivity index (χ0n) is 16.0. The van der Waals surface area contributed by atoms with Crippen molar-refractivity contribution < 1.29 is 19.4 Å². The number of aliphatic hydroxyl groups is 1. The summed E-state index contributed by atoms with van der Waals surface area (Å²) in [6.07, 6.45) is 3.94. The monoisotopic (exact) mass is 383 g/mol. The molecule has 3 rings (SSSR count). The van der Waals surface area contributed by atoms with Crippen molar-refractivity contribution in [1.29, 1.82) is 0 Å². The van der Waals surface area contributed by atoms with Gasteiger partial charge in [-0.05, 0) is 33.3 Å².